The van der Waals surface area contributed by atoms with Crippen LogP contribution in [-0.2, 0) is 18.4 Å². The van der Waals surface area contributed by atoms with Gasteiger partial charge in [-0.15, -0.1) is 11.3 Å². The first-order valence-electron chi connectivity index (χ1n) is 7.33. The predicted octanol–water partition coefficient (Wildman–Crippen LogP) is 4.53. The molecule has 110 valence electrons. The molecule has 0 amide bonds. The van der Waals surface area contributed by atoms with Crippen LogP contribution in [0.2, 0.25) is 0 Å². The highest BCUT2D eigenvalue weighted by Gasteiger charge is 2.24. The topological polar surface area (TPSA) is 24.9 Å². The van der Waals surface area contributed by atoms with Gasteiger partial charge >= 0.3 is 0 Å². The number of hydrogen-bond donors (Lipinski definition) is 1. The highest BCUT2D eigenvalue weighted by atomic mass is 32.1. The zero-order valence-corrected chi connectivity index (χ0v) is 14.5. The Morgan fingerprint density at radius 3 is 2.21 bits per heavy atom. The molecule has 0 radical (unpaired) electrons. The number of nitrogens with zero attached hydrogens (tertiary/aromatic N) is 1. The standard InChI is InChI=1S/C16H30N2S/c1-8-9-17-11-12-14(16(5,6)7)18-13(19-12)10-15(2,3)4/h17H,8-11H2,1-7H3. The van der Waals surface area contributed by atoms with Crippen LogP contribution in [0.25, 0.3) is 0 Å². The van der Waals surface area contributed by atoms with Crippen LogP contribution in [0.5, 0.6) is 0 Å². The van der Waals surface area contributed by atoms with Crippen molar-refractivity contribution in [2.24, 2.45) is 5.41 Å². The second-order valence-electron chi connectivity index (χ2n) is 7.54. The van der Waals surface area contributed by atoms with E-state index in [9.17, 15) is 0 Å². The molecule has 0 unspecified atom stereocenters. The SMILES string of the molecule is CCCNCc1sc(CC(C)(C)C)nc1C(C)(C)C. The van der Waals surface area contributed by atoms with Crippen LogP contribution in [-0.4, -0.2) is 11.5 Å². The normalized spacial score (nSPS) is 13.0. The molecule has 0 fully saturated rings. The first-order valence-corrected chi connectivity index (χ1v) is 8.15. The number of rotatable bonds is 5. The largest absolute Gasteiger partial charge is 0.312 e. The van der Waals surface area contributed by atoms with Crippen molar-refractivity contribution in [1.82, 2.24) is 10.3 Å². The molecule has 1 heterocycles. The molecular weight excluding hydrogens is 252 g/mol. The van der Waals surface area contributed by atoms with Gasteiger partial charge in [-0.1, -0.05) is 48.5 Å². The summed E-state index contributed by atoms with van der Waals surface area (Å²) in [5, 5.41) is 4.79. The molecule has 0 saturated heterocycles. The summed E-state index contributed by atoms with van der Waals surface area (Å²) >= 11 is 1.89. The lowest BCUT2D eigenvalue weighted by molar-refractivity contribution is 0.409. The van der Waals surface area contributed by atoms with Crippen molar-refractivity contribution in [2.75, 3.05) is 6.54 Å². The van der Waals surface area contributed by atoms with Gasteiger partial charge in [-0.05, 0) is 18.4 Å². The quantitative estimate of drug-likeness (QED) is 0.803. The van der Waals surface area contributed by atoms with Gasteiger partial charge in [0.05, 0.1) is 10.7 Å². The van der Waals surface area contributed by atoms with Crippen molar-refractivity contribution in [3.05, 3.63) is 15.6 Å². The van der Waals surface area contributed by atoms with E-state index >= 15 is 0 Å². The van der Waals surface area contributed by atoms with E-state index in [0.29, 0.717) is 5.41 Å². The first kappa shape index (κ1) is 16.6. The summed E-state index contributed by atoms with van der Waals surface area (Å²) < 4.78 is 0. The maximum absolute atomic E-state index is 4.92. The van der Waals surface area contributed by atoms with Crippen molar-refractivity contribution in [2.45, 2.75) is 73.3 Å². The summed E-state index contributed by atoms with van der Waals surface area (Å²) in [7, 11) is 0. The molecule has 2 nitrogen and oxygen atoms in total. The molecular formula is C16H30N2S. The van der Waals surface area contributed by atoms with Crippen LogP contribution in [0.3, 0.4) is 0 Å². The van der Waals surface area contributed by atoms with Crippen molar-refractivity contribution in [3.63, 3.8) is 0 Å². The van der Waals surface area contributed by atoms with E-state index in [1.807, 2.05) is 11.3 Å². The fourth-order valence-corrected chi connectivity index (χ4v) is 3.56. The third-order valence-corrected chi connectivity index (χ3v) is 3.90. The Balaban J connectivity index is 2.93. The highest BCUT2D eigenvalue weighted by Crippen LogP contribution is 2.32. The van der Waals surface area contributed by atoms with Crippen molar-refractivity contribution >= 4 is 11.3 Å². The van der Waals surface area contributed by atoms with Gasteiger partial charge in [0.1, 0.15) is 0 Å². The van der Waals surface area contributed by atoms with Gasteiger partial charge in [-0.25, -0.2) is 4.98 Å². The van der Waals surface area contributed by atoms with E-state index in [2.05, 4.69) is 53.8 Å². The average Bonchev–Trinajstić information content (AvgIpc) is 2.58. The fraction of sp³-hybridized carbons (Fsp3) is 0.812. The Kier molecular flexibility index (Phi) is 5.57. The Morgan fingerprint density at radius 1 is 1.11 bits per heavy atom. The molecule has 19 heavy (non-hydrogen) atoms. The Morgan fingerprint density at radius 2 is 1.74 bits per heavy atom. The van der Waals surface area contributed by atoms with E-state index in [4.69, 9.17) is 4.98 Å². The van der Waals surface area contributed by atoms with Crippen LogP contribution < -0.4 is 5.32 Å². The third-order valence-electron chi connectivity index (χ3n) is 2.85. The predicted molar refractivity (Wildman–Crippen MR) is 86.0 cm³/mol. The molecule has 0 aliphatic heterocycles. The van der Waals surface area contributed by atoms with Gasteiger partial charge in [0, 0.05) is 23.3 Å². The van der Waals surface area contributed by atoms with Crippen molar-refractivity contribution in [3.8, 4) is 0 Å². The lowest BCUT2D eigenvalue weighted by Crippen LogP contribution is -2.19. The summed E-state index contributed by atoms with van der Waals surface area (Å²) in [5.41, 5.74) is 1.72. The summed E-state index contributed by atoms with van der Waals surface area (Å²) in [6.45, 7) is 17.8. The number of aromatic nitrogens is 1. The van der Waals surface area contributed by atoms with Crippen molar-refractivity contribution < 1.29 is 0 Å². The van der Waals surface area contributed by atoms with Crippen LogP contribution in [0.4, 0.5) is 0 Å². The molecule has 1 aromatic heterocycles. The summed E-state index contributed by atoms with van der Waals surface area (Å²) in [6, 6.07) is 0. The maximum Gasteiger partial charge on any atom is 0.0937 e. The molecule has 1 rings (SSSR count). The van der Waals surface area contributed by atoms with Crippen LogP contribution in [0, 0.1) is 5.41 Å². The molecule has 0 aromatic carbocycles. The molecule has 3 heteroatoms. The molecule has 0 saturated carbocycles. The summed E-state index contributed by atoms with van der Waals surface area (Å²) in [4.78, 5) is 6.34. The van der Waals surface area contributed by atoms with E-state index < -0.39 is 0 Å². The maximum atomic E-state index is 4.92. The lowest BCUT2D eigenvalue weighted by atomic mass is 9.90. The van der Waals surface area contributed by atoms with Gasteiger partial charge in [0.2, 0.25) is 0 Å². The number of nitrogens with one attached hydrogen (secondary N) is 1. The number of thiazole rings is 1. The minimum Gasteiger partial charge on any atom is -0.312 e. The van der Waals surface area contributed by atoms with Gasteiger partial charge in [-0.2, -0.15) is 0 Å². The minimum atomic E-state index is 0.135. The molecule has 1 aromatic rings. The zero-order chi connectivity index (χ0) is 14.7. The van der Waals surface area contributed by atoms with E-state index in [1.165, 1.54) is 22.0 Å². The fourth-order valence-electron chi connectivity index (χ4n) is 2.01. The minimum absolute atomic E-state index is 0.135. The second kappa shape index (κ2) is 6.36. The monoisotopic (exact) mass is 282 g/mol. The molecule has 0 aliphatic carbocycles. The second-order valence-corrected chi connectivity index (χ2v) is 8.71. The third kappa shape index (κ3) is 5.62. The van der Waals surface area contributed by atoms with Crippen LogP contribution in [0.15, 0.2) is 0 Å². The first-order chi connectivity index (χ1) is 8.63. The Hall–Kier alpha value is -0.410. The average molecular weight is 282 g/mol. The molecule has 0 aliphatic rings. The smallest absolute Gasteiger partial charge is 0.0937 e. The van der Waals surface area contributed by atoms with E-state index in [0.717, 1.165) is 19.5 Å². The van der Waals surface area contributed by atoms with E-state index in [-0.39, 0.29) is 5.41 Å². The zero-order valence-electron chi connectivity index (χ0n) is 13.7. The van der Waals surface area contributed by atoms with E-state index in [1.54, 1.807) is 0 Å². The highest BCUT2D eigenvalue weighted by molar-refractivity contribution is 7.11. The summed E-state index contributed by atoms with van der Waals surface area (Å²) in [6.07, 6.45) is 2.24. The van der Waals surface area contributed by atoms with Gasteiger partial charge in [-0.3, -0.25) is 0 Å². The Labute approximate surface area is 123 Å². The molecule has 1 N–H and O–H groups in total. The number of hydrogen-bond acceptors (Lipinski definition) is 3. The van der Waals surface area contributed by atoms with Crippen LogP contribution in [0.1, 0.15) is 70.5 Å². The van der Waals surface area contributed by atoms with Crippen molar-refractivity contribution in [1.29, 1.82) is 0 Å². The lowest BCUT2D eigenvalue weighted by Gasteiger charge is -2.18. The Bertz CT molecular complexity index is 394. The van der Waals surface area contributed by atoms with Crippen LogP contribution >= 0.6 is 11.3 Å². The summed E-state index contributed by atoms with van der Waals surface area (Å²) in [5.74, 6) is 0. The van der Waals surface area contributed by atoms with Gasteiger partial charge < -0.3 is 5.32 Å². The molecule has 0 bridgehead atoms. The van der Waals surface area contributed by atoms with Gasteiger partial charge in [0.25, 0.3) is 0 Å². The molecule has 0 atom stereocenters. The van der Waals surface area contributed by atoms with Gasteiger partial charge in [0.15, 0.2) is 0 Å². The molecule has 0 spiro atoms.